The summed E-state index contributed by atoms with van der Waals surface area (Å²) in [6.07, 6.45) is 15.5. The largest absolute Gasteiger partial charge is 0.393 e. The Morgan fingerprint density at radius 2 is 1.73 bits per heavy atom. The smallest absolute Gasteiger partial charge is 0.125 e. The summed E-state index contributed by atoms with van der Waals surface area (Å²) in [5, 5.41) is 20.9. The van der Waals surface area contributed by atoms with Crippen LogP contribution in [0.1, 0.15) is 64.7 Å². The van der Waals surface area contributed by atoms with Crippen molar-refractivity contribution in [3.8, 4) is 12.3 Å². The van der Waals surface area contributed by atoms with E-state index in [1.165, 1.54) is 32.1 Å². The third kappa shape index (κ3) is 2.01. The lowest BCUT2D eigenvalue weighted by Crippen LogP contribution is -2.51. The summed E-state index contributed by atoms with van der Waals surface area (Å²) in [5.74, 6) is 6.43. The molecule has 2 nitrogen and oxygen atoms in total. The normalized spacial score (nSPS) is 57.4. The highest BCUT2D eigenvalue weighted by atomic mass is 16.3. The number of hydrogen-bond acceptors (Lipinski definition) is 2. The van der Waals surface area contributed by atoms with Gasteiger partial charge in [0.15, 0.2) is 0 Å². The van der Waals surface area contributed by atoms with E-state index in [0.29, 0.717) is 5.92 Å². The van der Waals surface area contributed by atoms with Gasteiger partial charge in [0.25, 0.3) is 0 Å². The Kier molecular flexibility index (Phi) is 3.41. The molecule has 4 fully saturated rings. The molecule has 0 aliphatic heterocycles. The summed E-state index contributed by atoms with van der Waals surface area (Å²) in [5.41, 5.74) is -0.650. The summed E-state index contributed by atoms with van der Waals surface area (Å²) < 4.78 is 0. The molecule has 0 aromatic rings. The molecule has 0 saturated heterocycles. The van der Waals surface area contributed by atoms with Gasteiger partial charge in [0.2, 0.25) is 0 Å². The maximum Gasteiger partial charge on any atom is 0.125 e. The highest BCUT2D eigenvalue weighted by molar-refractivity contribution is 5.13. The average molecular weight is 302 g/mol. The second kappa shape index (κ2) is 4.99. The van der Waals surface area contributed by atoms with Gasteiger partial charge in [-0.3, -0.25) is 0 Å². The summed E-state index contributed by atoms with van der Waals surface area (Å²) in [6.45, 7) is 2.34. The molecule has 0 radical (unpaired) electrons. The Bertz CT molecular complexity index is 494. The molecular weight excluding hydrogens is 272 g/mol. The zero-order valence-corrected chi connectivity index (χ0v) is 13.8. The quantitative estimate of drug-likeness (QED) is 0.674. The van der Waals surface area contributed by atoms with Crippen molar-refractivity contribution in [2.45, 2.75) is 76.4 Å². The monoisotopic (exact) mass is 302 g/mol. The van der Waals surface area contributed by atoms with Gasteiger partial charge in [-0.2, -0.15) is 0 Å². The molecule has 4 aliphatic carbocycles. The van der Waals surface area contributed by atoms with E-state index in [0.717, 1.165) is 49.4 Å². The average Bonchev–Trinajstić information content (AvgIpc) is 2.82. The fourth-order valence-electron chi connectivity index (χ4n) is 6.98. The summed E-state index contributed by atoms with van der Waals surface area (Å²) >= 11 is 0. The topological polar surface area (TPSA) is 40.5 Å². The van der Waals surface area contributed by atoms with E-state index >= 15 is 0 Å². The minimum absolute atomic E-state index is 0.0749. The standard InChI is InChI=1S/C20H30O2/c1-3-20(22)11-9-14-13(12-20)4-5-16-15(14)8-10-19(2)17(16)6-7-18(19)21/h1,13-18,21-22H,4-12H2,2H3/t13-,14+,15?,16-,17?,18?,19+,20+/m1/s1. The van der Waals surface area contributed by atoms with Crippen molar-refractivity contribution in [1.82, 2.24) is 0 Å². The molecule has 0 spiro atoms. The highest BCUT2D eigenvalue weighted by Gasteiger charge is 2.57. The summed E-state index contributed by atoms with van der Waals surface area (Å²) in [6, 6.07) is 0. The van der Waals surface area contributed by atoms with E-state index in [-0.39, 0.29) is 11.5 Å². The van der Waals surface area contributed by atoms with E-state index in [2.05, 4.69) is 12.8 Å². The Morgan fingerprint density at radius 3 is 2.50 bits per heavy atom. The maximum absolute atomic E-state index is 10.5. The molecule has 0 aromatic heterocycles. The predicted molar refractivity (Wildman–Crippen MR) is 86.9 cm³/mol. The van der Waals surface area contributed by atoms with Crippen LogP contribution >= 0.6 is 0 Å². The first-order valence-electron chi connectivity index (χ1n) is 9.35. The van der Waals surface area contributed by atoms with Crippen molar-refractivity contribution in [2.24, 2.45) is 35.0 Å². The zero-order valence-electron chi connectivity index (χ0n) is 13.8. The van der Waals surface area contributed by atoms with Crippen LogP contribution in [0.2, 0.25) is 0 Å². The number of aliphatic hydroxyl groups excluding tert-OH is 1. The van der Waals surface area contributed by atoms with Gasteiger partial charge in [-0.05, 0) is 92.8 Å². The number of rotatable bonds is 0. The Balaban J connectivity index is 1.55. The fraction of sp³-hybridized carbons (Fsp3) is 0.900. The molecule has 22 heavy (non-hydrogen) atoms. The number of terminal acetylenes is 1. The fourth-order valence-corrected chi connectivity index (χ4v) is 6.98. The molecule has 122 valence electrons. The summed E-state index contributed by atoms with van der Waals surface area (Å²) in [4.78, 5) is 0. The van der Waals surface area contributed by atoms with Gasteiger partial charge in [-0.15, -0.1) is 6.42 Å². The lowest BCUT2D eigenvalue weighted by Gasteiger charge is -2.56. The molecule has 4 rings (SSSR count). The number of aliphatic hydroxyl groups is 2. The second-order valence-electron chi connectivity index (χ2n) is 8.99. The van der Waals surface area contributed by atoms with Gasteiger partial charge in [-0.1, -0.05) is 12.8 Å². The van der Waals surface area contributed by atoms with Crippen LogP contribution in [0.3, 0.4) is 0 Å². The third-order valence-electron chi connectivity index (χ3n) is 8.23. The van der Waals surface area contributed by atoms with E-state index in [4.69, 9.17) is 6.42 Å². The van der Waals surface area contributed by atoms with Crippen LogP contribution in [-0.4, -0.2) is 21.9 Å². The molecule has 0 aromatic carbocycles. The third-order valence-corrected chi connectivity index (χ3v) is 8.23. The van der Waals surface area contributed by atoms with Crippen molar-refractivity contribution in [3.63, 3.8) is 0 Å². The van der Waals surface area contributed by atoms with Crippen LogP contribution in [-0.2, 0) is 0 Å². The molecule has 0 heterocycles. The molecule has 8 atom stereocenters. The van der Waals surface area contributed by atoms with Crippen molar-refractivity contribution in [3.05, 3.63) is 0 Å². The lowest BCUT2D eigenvalue weighted by atomic mass is 9.49. The van der Waals surface area contributed by atoms with Crippen LogP contribution < -0.4 is 0 Å². The van der Waals surface area contributed by atoms with E-state index in [1.54, 1.807) is 0 Å². The van der Waals surface area contributed by atoms with Crippen LogP contribution in [0.4, 0.5) is 0 Å². The molecular formula is C20H30O2. The van der Waals surface area contributed by atoms with Crippen LogP contribution in [0.25, 0.3) is 0 Å². The molecule has 3 unspecified atom stereocenters. The van der Waals surface area contributed by atoms with Gasteiger partial charge in [0.1, 0.15) is 5.60 Å². The zero-order chi connectivity index (χ0) is 15.5. The van der Waals surface area contributed by atoms with Crippen molar-refractivity contribution < 1.29 is 10.2 Å². The van der Waals surface area contributed by atoms with Crippen LogP contribution in [0, 0.1) is 47.3 Å². The van der Waals surface area contributed by atoms with E-state index in [1.807, 2.05) is 0 Å². The van der Waals surface area contributed by atoms with Gasteiger partial charge < -0.3 is 10.2 Å². The minimum Gasteiger partial charge on any atom is -0.393 e. The molecule has 4 aliphatic rings. The van der Waals surface area contributed by atoms with Gasteiger partial charge >= 0.3 is 0 Å². The van der Waals surface area contributed by atoms with Gasteiger partial charge in [0, 0.05) is 0 Å². The second-order valence-corrected chi connectivity index (χ2v) is 8.99. The van der Waals surface area contributed by atoms with Crippen LogP contribution in [0.15, 0.2) is 0 Å². The first-order chi connectivity index (χ1) is 10.5. The molecule has 0 amide bonds. The Morgan fingerprint density at radius 1 is 0.955 bits per heavy atom. The molecule has 4 saturated carbocycles. The number of fused-ring (bicyclic) bond motifs is 5. The SMILES string of the molecule is C#C[C@]1(O)CC[C@@H]2C3CC[C@]4(C)C(O)CCC4[C@@H]3CC[C@@H]2C1. The van der Waals surface area contributed by atoms with Gasteiger partial charge in [-0.25, -0.2) is 0 Å². The summed E-state index contributed by atoms with van der Waals surface area (Å²) in [7, 11) is 0. The van der Waals surface area contributed by atoms with Crippen molar-refractivity contribution in [1.29, 1.82) is 0 Å². The van der Waals surface area contributed by atoms with E-state index < -0.39 is 5.60 Å². The van der Waals surface area contributed by atoms with E-state index in [9.17, 15) is 10.2 Å². The van der Waals surface area contributed by atoms with Crippen molar-refractivity contribution in [2.75, 3.05) is 0 Å². The number of hydrogen-bond donors (Lipinski definition) is 2. The van der Waals surface area contributed by atoms with Gasteiger partial charge in [0.05, 0.1) is 6.10 Å². The predicted octanol–water partition coefficient (Wildman–Crippen LogP) is 3.36. The molecule has 2 heteroatoms. The highest BCUT2D eigenvalue weighted by Crippen LogP contribution is 2.62. The van der Waals surface area contributed by atoms with Crippen LogP contribution in [0.5, 0.6) is 0 Å². The molecule has 2 N–H and O–H groups in total. The molecule has 0 bridgehead atoms. The first kappa shape index (κ1) is 15.0. The lowest BCUT2D eigenvalue weighted by molar-refractivity contribution is -0.100. The Labute approximate surface area is 134 Å². The minimum atomic E-state index is -0.833. The first-order valence-corrected chi connectivity index (χ1v) is 9.35. The Hall–Kier alpha value is -0.520. The maximum atomic E-state index is 10.5. The van der Waals surface area contributed by atoms with Crippen molar-refractivity contribution >= 4 is 0 Å².